The third-order valence-corrected chi connectivity index (χ3v) is 5.68. The molecule has 32 heavy (non-hydrogen) atoms. The first-order valence-corrected chi connectivity index (χ1v) is 10.9. The van der Waals surface area contributed by atoms with Crippen LogP contribution in [0.5, 0.6) is 5.75 Å². The molecule has 0 bridgehead atoms. The van der Waals surface area contributed by atoms with E-state index in [9.17, 15) is 9.59 Å². The molecule has 0 fully saturated rings. The Bertz CT molecular complexity index is 1230. The van der Waals surface area contributed by atoms with Crippen molar-refractivity contribution in [2.45, 2.75) is 13.5 Å². The van der Waals surface area contributed by atoms with Crippen LogP contribution in [0.3, 0.4) is 0 Å². The van der Waals surface area contributed by atoms with Gasteiger partial charge in [-0.25, -0.2) is 9.79 Å². The number of para-hydroxylation sites is 1. The number of hydrogen-bond acceptors (Lipinski definition) is 5. The summed E-state index contributed by atoms with van der Waals surface area (Å²) in [7, 11) is 0. The van der Waals surface area contributed by atoms with Crippen LogP contribution in [0.4, 0.5) is 5.69 Å². The number of ether oxygens (including phenoxy) is 2. The fraction of sp³-hybridized carbons (Fsp3) is 0.0800. The van der Waals surface area contributed by atoms with Crippen molar-refractivity contribution in [3.05, 3.63) is 98.8 Å². The number of cyclic esters (lactones) is 1. The third-order valence-electron chi connectivity index (χ3n) is 4.62. The van der Waals surface area contributed by atoms with Crippen molar-refractivity contribution in [2.24, 2.45) is 4.99 Å². The molecule has 1 amide bonds. The minimum Gasteiger partial charge on any atom is -0.488 e. The van der Waals surface area contributed by atoms with E-state index in [2.05, 4.69) is 32.9 Å². The maximum absolute atomic E-state index is 12.4. The highest BCUT2D eigenvalue weighted by atomic mass is 127. The Morgan fingerprint density at radius 1 is 1.06 bits per heavy atom. The van der Waals surface area contributed by atoms with Crippen LogP contribution in [0.15, 0.2) is 83.5 Å². The van der Waals surface area contributed by atoms with Crippen LogP contribution < -0.4 is 10.1 Å². The van der Waals surface area contributed by atoms with Crippen LogP contribution in [-0.4, -0.2) is 17.8 Å². The van der Waals surface area contributed by atoms with Crippen molar-refractivity contribution < 1.29 is 19.1 Å². The van der Waals surface area contributed by atoms with Crippen molar-refractivity contribution in [3.63, 3.8) is 0 Å². The summed E-state index contributed by atoms with van der Waals surface area (Å²) in [5, 5.41) is 2.69. The minimum absolute atomic E-state index is 0.157. The number of benzene rings is 3. The largest absolute Gasteiger partial charge is 0.488 e. The summed E-state index contributed by atoms with van der Waals surface area (Å²) in [5.41, 5.74) is 3.30. The highest BCUT2D eigenvalue weighted by Gasteiger charge is 2.24. The van der Waals surface area contributed by atoms with Crippen LogP contribution >= 0.6 is 22.6 Å². The predicted octanol–water partition coefficient (Wildman–Crippen LogP) is 5.17. The molecular weight excluding hydrogens is 519 g/mol. The van der Waals surface area contributed by atoms with Crippen molar-refractivity contribution in [2.75, 3.05) is 5.32 Å². The fourth-order valence-electron chi connectivity index (χ4n) is 3.08. The van der Waals surface area contributed by atoms with E-state index in [0.717, 1.165) is 14.7 Å². The molecule has 6 nitrogen and oxygen atoms in total. The molecule has 1 aliphatic rings. The van der Waals surface area contributed by atoms with E-state index in [4.69, 9.17) is 9.47 Å². The average molecular weight is 538 g/mol. The summed E-state index contributed by atoms with van der Waals surface area (Å²) in [4.78, 5) is 27.9. The van der Waals surface area contributed by atoms with E-state index in [1.807, 2.05) is 48.5 Å². The number of rotatable bonds is 6. The van der Waals surface area contributed by atoms with Crippen LogP contribution in [0.25, 0.3) is 6.08 Å². The predicted molar refractivity (Wildman–Crippen MR) is 131 cm³/mol. The normalized spacial score (nSPS) is 14.1. The number of esters is 1. The summed E-state index contributed by atoms with van der Waals surface area (Å²) >= 11 is 2.28. The van der Waals surface area contributed by atoms with Gasteiger partial charge in [0, 0.05) is 32.9 Å². The van der Waals surface area contributed by atoms with Gasteiger partial charge in [0.15, 0.2) is 5.70 Å². The van der Waals surface area contributed by atoms with Crippen molar-refractivity contribution >= 4 is 52.1 Å². The van der Waals surface area contributed by atoms with Gasteiger partial charge in [-0.05, 0) is 65.1 Å². The second-order valence-corrected chi connectivity index (χ2v) is 8.17. The molecule has 0 unspecified atom stereocenters. The third kappa shape index (κ3) is 5.23. The molecule has 4 rings (SSSR count). The Kier molecular flexibility index (Phi) is 6.65. The quantitative estimate of drug-likeness (QED) is 0.267. The second-order valence-electron chi connectivity index (χ2n) is 7.01. The summed E-state index contributed by atoms with van der Waals surface area (Å²) in [5.74, 6) is 0.178. The van der Waals surface area contributed by atoms with Gasteiger partial charge >= 0.3 is 5.97 Å². The van der Waals surface area contributed by atoms with Crippen molar-refractivity contribution in [3.8, 4) is 5.75 Å². The minimum atomic E-state index is -0.529. The van der Waals surface area contributed by atoms with Crippen LogP contribution in [0.2, 0.25) is 0 Å². The van der Waals surface area contributed by atoms with E-state index < -0.39 is 5.97 Å². The Labute approximate surface area is 199 Å². The molecule has 3 aromatic rings. The molecule has 0 saturated heterocycles. The first kappa shape index (κ1) is 21.8. The molecule has 1 aliphatic heterocycles. The number of anilines is 1. The zero-order valence-electron chi connectivity index (χ0n) is 17.2. The topological polar surface area (TPSA) is 77.0 Å². The zero-order chi connectivity index (χ0) is 22.5. The molecule has 7 heteroatoms. The van der Waals surface area contributed by atoms with Gasteiger partial charge < -0.3 is 14.8 Å². The molecule has 0 aromatic heterocycles. The molecule has 3 aromatic carbocycles. The lowest BCUT2D eigenvalue weighted by Gasteiger charge is -2.10. The van der Waals surface area contributed by atoms with Gasteiger partial charge in [0.25, 0.3) is 0 Å². The molecule has 0 spiro atoms. The highest BCUT2D eigenvalue weighted by molar-refractivity contribution is 14.1. The lowest BCUT2D eigenvalue weighted by molar-refractivity contribution is -0.129. The number of carbonyl (C=O) groups excluding carboxylic acids is 2. The number of amides is 1. The lowest BCUT2D eigenvalue weighted by atomic mass is 10.1. The van der Waals surface area contributed by atoms with Gasteiger partial charge in [0.05, 0.1) is 0 Å². The van der Waals surface area contributed by atoms with Gasteiger partial charge in [-0.15, -0.1) is 0 Å². The van der Waals surface area contributed by atoms with Gasteiger partial charge in [0.2, 0.25) is 11.8 Å². The Morgan fingerprint density at radius 2 is 1.78 bits per heavy atom. The fourth-order valence-corrected chi connectivity index (χ4v) is 3.62. The molecule has 0 radical (unpaired) electrons. The van der Waals surface area contributed by atoms with Crippen molar-refractivity contribution in [1.29, 1.82) is 0 Å². The van der Waals surface area contributed by atoms with Crippen molar-refractivity contribution in [1.82, 2.24) is 0 Å². The first-order valence-electron chi connectivity index (χ1n) is 9.85. The van der Waals surface area contributed by atoms with Crippen LogP contribution in [0, 0.1) is 3.57 Å². The molecule has 0 aliphatic carbocycles. The summed E-state index contributed by atoms with van der Waals surface area (Å²) in [6.45, 7) is 1.86. The molecule has 1 heterocycles. The Morgan fingerprint density at radius 3 is 2.53 bits per heavy atom. The van der Waals surface area contributed by atoms with E-state index >= 15 is 0 Å². The first-order chi connectivity index (χ1) is 15.5. The molecule has 1 N–H and O–H groups in total. The number of nitrogens with zero attached hydrogens (tertiary/aromatic N) is 1. The Balaban J connectivity index is 1.55. The molecule has 0 atom stereocenters. The number of carbonyl (C=O) groups is 2. The highest BCUT2D eigenvalue weighted by Crippen LogP contribution is 2.26. The number of halogens is 1. The monoisotopic (exact) mass is 538 g/mol. The number of hydrogen-bond donors (Lipinski definition) is 1. The van der Waals surface area contributed by atoms with E-state index in [1.54, 1.807) is 30.3 Å². The number of nitrogens with one attached hydrogen (secondary N) is 1. The van der Waals surface area contributed by atoms with E-state index in [-0.39, 0.29) is 17.5 Å². The average Bonchev–Trinajstić information content (AvgIpc) is 3.14. The van der Waals surface area contributed by atoms with Crippen LogP contribution in [0.1, 0.15) is 23.6 Å². The summed E-state index contributed by atoms with van der Waals surface area (Å²) in [6.07, 6.45) is 1.66. The maximum atomic E-state index is 12.4. The smallest absolute Gasteiger partial charge is 0.363 e. The molecular formula is C25H19IN2O4. The van der Waals surface area contributed by atoms with Gasteiger partial charge in [-0.3, -0.25) is 4.79 Å². The van der Waals surface area contributed by atoms with E-state index in [0.29, 0.717) is 23.6 Å². The zero-order valence-corrected chi connectivity index (χ0v) is 19.3. The van der Waals surface area contributed by atoms with E-state index in [1.165, 1.54) is 6.92 Å². The van der Waals surface area contributed by atoms with Gasteiger partial charge in [-0.2, -0.15) is 0 Å². The van der Waals surface area contributed by atoms with Gasteiger partial charge in [-0.1, -0.05) is 36.4 Å². The standard InChI is InChI=1S/C25H19IN2O4/c1-16(29)27-20-12-10-17(11-13-20)24-28-22(25(30)32-24)14-18-6-3-5-9-23(18)31-15-19-7-2-4-8-21(19)26/h2-14H,15H2,1H3,(H,27,29)/b22-14-. The lowest BCUT2D eigenvalue weighted by Crippen LogP contribution is -2.07. The van der Waals surface area contributed by atoms with Gasteiger partial charge in [0.1, 0.15) is 12.4 Å². The summed E-state index contributed by atoms with van der Waals surface area (Å²) < 4.78 is 12.5. The Hall–Kier alpha value is -3.46. The molecule has 160 valence electrons. The maximum Gasteiger partial charge on any atom is 0.363 e. The summed E-state index contributed by atoms with van der Waals surface area (Å²) in [6, 6.07) is 22.4. The van der Waals surface area contributed by atoms with Crippen LogP contribution in [-0.2, 0) is 20.9 Å². The molecule has 0 saturated carbocycles. The number of aliphatic imine (C=N–C) groups is 1. The second kappa shape index (κ2) is 9.78. The SMILES string of the molecule is CC(=O)Nc1ccc(C2=N/C(=C\c3ccccc3OCc3ccccc3I)C(=O)O2)cc1.